The van der Waals surface area contributed by atoms with E-state index in [2.05, 4.69) is 15.3 Å². The van der Waals surface area contributed by atoms with Gasteiger partial charge in [0.25, 0.3) is 0 Å². The lowest BCUT2D eigenvalue weighted by molar-refractivity contribution is 0.417. The van der Waals surface area contributed by atoms with Crippen molar-refractivity contribution in [3.8, 4) is 5.75 Å². The minimum atomic E-state index is 0.392. The summed E-state index contributed by atoms with van der Waals surface area (Å²) in [5.74, 6) is 1.65. The zero-order chi connectivity index (χ0) is 12.3. The number of nitrogens with one attached hydrogen (secondary N) is 1. The molecule has 2 rings (SSSR count). The topological polar surface area (TPSA) is 73.1 Å². The molecule has 0 unspecified atom stereocenters. The van der Waals surface area contributed by atoms with Crippen LogP contribution in [-0.2, 0) is 0 Å². The Morgan fingerprint density at radius 3 is 2.82 bits per heavy atom. The molecule has 1 aromatic heterocycles. The van der Waals surface area contributed by atoms with E-state index in [1.807, 2.05) is 0 Å². The number of halogens is 1. The van der Waals surface area contributed by atoms with Crippen LogP contribution in [0.2, 0.25) is 5.02 Å². The van der Waals surface area contributed by atoms with Crippen molar-refractivity contribution in [3.05, 3.63) is 35.6 Å². The van der Waals surface area contributed by atoms with Crippen LogP contribution in [0.3, 0.4) is 0 Å². The molecule has 0 aliphatic heterocycles. The molecule has 0 saturated carbocycles. The molecule has 6 heteroatoms. The number of rotatable bonds is 3. The number of methoxy groups -OCH3 is 1. The predicted octanol–water partition coefficient (Wildman–Crippen LogP) is 2.46. The largest absolute Gasteiger partial charge is 0.495 e. The molecular formula is C11H11ClN4O. The summed E-state index contributed by atoms with van der Waals surface area (Å²) in [6.07, 6.45) is 1.38. The van der Waals surface area contributed by atoms with Crippen LogP contribution < -0.4 is 15.8 Å². The maximum atomic E-state index is 5.92. The summed E-state index contributed by atoms with van der Waals surface area (Å²) >= 11 is 5.92. The van der Waals surface area contributed by atoms with E-state index in [0.717, 1.165) is 5.69 Å². The third-order valence-corrected chi connectivity index (χ3v) is 2.35. The second-order valence-electron chi connectivity index (χ2n) is 3.30. The number of ether oxygens (including phenoxy) is 1. The van der Waals surface area contributed by atoms with Crippen LogP contribution in [0.5, 0.6) is 5.75 Å². The Hall–Kier alpha value is -2.01. The fraction of sp³-hybridized carbons (Fsp3) is 0.0909. The highest BCUT2D eigenvalue weighted by Gasteiger charge is 2.05. The fourth-order valence-corrected chi connectivity index (χ4v) is 1.53. The van der Waals surface area contributed by atoms with Crippen molar-refractivity contribution in [2.45, 2.75) is 0 Å². The van der Waals surface area contributed by atoms with Gasteiger partial charge in [0, 0.05) is 11.1 Å². The average Bonchev–Trinajstić information content (AvgIpc) is 2.29. The molecule has 0 bridgehead atoms. The maximum absolute atomic E-state index is 5.92. The molecule has 0 spiro atoms. The van der Waals surface area contributed by atoms with E-state index in [1.54, 1.807) is 31.4 Å². The zero-order valence-corrected chi connectivity index (χ0v) is 9.90. The van der Waals surface area contributed by atoms with Gasteiger partial charge in [-0.3, -0.25) is 0 Å². The third-order valence-electron chi connectivity index (χ3n) is 2.11. The highest BCUT2D eigenvalue weighted by Crippen LogP contribution is 2.29. The zero-order valence-electron chi connectivity index (χ0n) is 9.14. The molecule has 17 heavy (non-hydrogen) atoms. The Kier molecular flexibility index (Phi) is 3.30. The van der Waals surface area contributed by atoms with E-state index in [1.165, 1.54) is 6.33 Å². The van der Waals surface area contributed by atoms with Gasteiger partial charge in [0.1, 0.15) is 23.7 Å². The van der Waals surface area contributed by atoms with Gasteiger partial charge in [-0.15, -0.1) is 0 Å². The molecule has 88 valence electrons. The Bertz CT molecular complexity index is 533. The van der Waals surface area contributed by atoms with E-state index >= 15 is 0 Å². The van der Waals surface area contributed by atoms with Gasteiger partial charge in [-0.25, -0.2) is 9.97 Å². The first kappa shape index (κ1) is 11.5. The number of hydrogen-bond acceptors (Lipinski definition) is 5. The number of aromatic nitrogens is 2. The Morgan fingerprint density at radius 1 is 1.29 bits per heavy atom. The smallest absolute Gasteiger partial charge is 0.142 e. The maximum Gasteiger partial charge on any atom is 0.142 e. The summed E-state index contributed by atoms with van der Waals surface area (Å²) in [6.45, 7) is 0. The number of nitrogens with two attached hydrogens (primary N) is 1. The van der Waals surface area contributed by atoms with Gasteiger partial charge < -0.3 is 15.8 Å². The number of benzene rings is 1. The summed E-state index contributed by atoms with van der Waals surface area (Å²) in [4.78, 5) is 7.85. The molecule has 2 aromatic rings. The summed E-state index contributed by atoms with van der Waals surface area (Å²) in [5.41, 5.74) is 6.28. The highest BCUT2D eigenvalue weighted by molar-refractivity contribution is 6.31. The summed E-state index contributed by atoms with van der Waals surface area (Å²) < 4.78 is 5.21. The van der Waals surface area contributed by atoms with E-state index < -0.39 is 0 Å². The normalized spacial score (nSPS) is 10.0. The van der Waals surface area contributed by atoms with Crippen molar-refractivity contribution in [2.24, 2.45) is 0 Å². The first-order chi connectivity index (χ1) is 8.19. The summed E-state index contributed by atoms with van der Waals surface area (Å²) in [6, 6.07) is 6.90. The molecule has 0 fully saturated rings. The Balaban J connectivity index is 2.32. The molecule has 3 N–H and O–H groups in total. The molecule has 0 radical (unpaired) electrons. The standard InChI is InChI=1S/C11H11ClN4O/c1-17-9-3-2-7(12)4-8(9)16-11-5-10(13)14-6-15-11/h2-6H,1H3,(H3,13,14,15,16). The van der Waals surface area contributed by atoms with Gasteiger partial charge in [-0.05, 0) is 18.2 Å². The van der Waals surface area contributed by atoms with Crippen molar-refractivity contribution in [1.82, 2.24) is 9.97 Å². The van der Waals surface area contributed by atoms with Crippen LogP contribution in [0.15, 0.2) is 30.6 Å². The molecule has 0 saturated heterocycles. The van der Waals surface area contributed by atoms with Gasteiger partial charge in [0.15, 0.2) is 0 Å². The minimum Gasteiger partial charge on any atom is -0.495 e. The first-order valence-electron chi connectivity index (χ1n) is 4.87. The summed E-state index contributed by atoms with van der Waals surface area (Å²) in [7, 11) is 1.59. The van der Waals surface area contributed by atoms with E-state index in [9.17, 15) is 0 Å². The van der Waals surface area contributed by atoms with Crippen molar-refractivity contribution in [1.29, 1.82) is 0 Å². The van der Waals surface area contributed by atoms with E-state index in [4.69, 9.17) is 22.1 Å². The number of hydrogen-bond donors (Lipinski definition) is 2. The first-order valence-corrected chi connectivity index (χ1v) is 5.25. The number of nitrogen functional groups attached to an aromatic ring is 1. The van der Waals surface area contributed by atoms with Crippen molar-refractivity contribution >= 4 is 28.9 Å². The highest BCUT2D eigenvalue weighted by atomic mass is 35.5. The van der Waals surface area contributed by atoms with Crippen LogP contribution in [0.1, 0.15) is 0 Å². The molecule has 1 aromatic carbocycles. The third kappa shape index (κ3) is 2.76. The van der Waals surface area contributed by atoms with Crippen LogP contribution in [0.25, 0.3) is 0 Å². The predicted molar refractivity (Wildman–Crippen MR) is 67.7 cm³/mol. The second kappa shape index (κ2) is 4.88. The van der Waals surface area contributed by atoms with Crippen LogP contribution in [0.4, 0.5) is 17.3 Å². The number of anilines is 3. The lowest BCUT2D eigenvalue weighted by Gasteiger charge is -2.10. The fourth-order valence-electron chi connectivity index (χ4n) is 1.36. The minimum absolute atomic E-state index is 0.392. The van der Waals surface area contributed by atoms with Crippen molar-refractivity contribution < 1.29 is 4.74 Å². The van der Waals surface area contributed by atoms with Crippen LogP contribution in [0, 0.1) is 0 Å². The number of nitrogens with zero attached hydrogens (tertiary/aromatic N) is 2. The molecule has 0 aliphatic carbocycles. The van der Waals surface area contributed by atoms with Crippen LogP contribution >= 0.6 is 11.6 Å². The molecular weight excluding hydrogens is 240 g/mol. The Morgan fingerprint density at radius 2 is 2.12 bits per heavy atom. The molecule has 0 atom stereocenters. The van der Waals surface area contributed by atoms with Crippen molar-refractivity contribution in [3.63, 3.8) is 0 Å². The molecule has 1 heterocycles. The van der Waals surface area contributed by atoms with E-state index in [-0.39, 0.29) is 0 Å². The van der Waals surface area contributed by atoms with E-state index in [0.29, 0.717) is 22.4 Å². The Labute approximate surface area is 104 Å². The van der Waals surface area contributed by atoms with Gasteiger partial charge in [-0.2, -0.15) is 0 Å². The quantitative estimate of drug-likeness (QED) is 0.875. The SMILES string of the molecule is COc1ccc(Cl)cc1Nc1cc(N)ncn1. The lowest BCUT2D eigenvalue weighted by atomic mass is 10.3. The lowest BCUT2D eigenvalue weighted by Crippen LogP contribution is -1.99. The van der Waals surface area contributed by atoms with Gasteiger partial charge in [0.05, 0.1) is 12.8 Å². The van der Waals surface area contributed by atoms with Crippen LogP contribution in [-0.4, -0.2) is 17.1 Å². The summed E-state index contributed by atoms with van der Waals surface area (Å²) in [5, 5.41) is 3.67. The van der Waals surface area contributed by atoms with Gasteiger partial charge >= 0.3 is 0 Å². The van der Waals surface area contributed by atoms with Gasteiger partial charge in [0.2, 0.25) is 0 Å². The van der Waals surface area contributed by atoms with Gasteiger partial charge in [-0.1, -0.05) is 11.6 Å². The second-order valence-corrected chi connectivity index (χ2v) is 3.73. The monoisotopic (exact) mass is 250 g/mol. The molecule has 0 aliphatic rings. The average molecular weight is 251 g/mol. The van der Waals surface area contributed by atoms with Crippen molar-refractivity contribution in [2.75, 3.05) is 18.2 Å². The molecule has 5 nitrogen and oxygen atoms in total. The molecule has 0 amide bonds.